The third kappa shape index (κ3) is 20.4. The van der Waals surface area contributed by atoms with Crippen molar-refractivity contribution in [1.29, 1.82) is 0 Å². The predicted octanol–water partition coefficient (Wildman–Crippen LogP) is 12.6. The average molecular weight is 1020 g/mol. The third-order valence-corrected chi connectivity index (χ3v) is 10.3. The summed E-state index contributed by atoms with van der Waals surface area (Å²) in [6.07, 6.45) is -13.9. The zero-order chi connectivity index (χ0) is 48.5. The van der Waals surface area contributed by atoms with Gasteiger partial charge < -0.3 is 31.9 Å². The molecule has 2 atom stereocenters. The Kier molecular flexibility index (Phi) is 21.8. The second kappa shape index (κ2) is 25.9. The molecule has 0 saturated heterocycles. The molecule has 0 radical (unpaired) electrons. The van der Waals surface area contributed by atoms with Crippen LogP contribution in [-0.2, 0) is 37.5 Å². The standard InChI is InChI=1S/C45H49F12N7S2.ClH/c1-2-3-4-5-6-13-18-58-39(59-27-37(19-29-14-9-7-10-15-29)63-40(65)61-35-23-31(42(46,47)48)21-32(24-35)43(49,50)51)60-28-38(20-30-16-11-8-12-17-30)64-41(66)62-36-25-33(44(52,53)54)22-34(26-36)45(55,56)57;/h7-12,14-17,21-26,37-38H,2-6,13,18-20,27-28H2,1H3,(H2,58,59,60)(H2,61,63,65)(H2,62,64,66);1H/t37-,38-;/m0./s1. The summed E-state index contributed by atoms with van der Waals surface area (Å²) < 4.78 is 163. The minimum absolute atomic E-state index is 0. The molecule has 4 rings (SSSR count). The average Bonchev–Trinajstić information content (AvgIpc) is 3.23. The van der Waals surface area contributed by atoms with Crippen LogP contribution in [0.1, 0.15) is 78.8 Å². The van der Waals surface area contributed by atoms with Crippen molar-refractivity contribution in [2.75, 3.05) is 30.3 Å². The summed E-state index contributed by atoms with van der Waals surface area (Å²) in [5, 5.41) is 16.9. The largest absolute Gasteiger partial charge is 0.416 e. The minimum Gasteiger partial charge on any atom is -0.358 e. The minimum atomic E-state index is -5.08. The number of nitrogens with zero attached hydrogens (tertiary/aromatic N) is 1. The summed E-state index contributed by atoms with van der Waals surface area (Å²) in [4.78, 5) is 4.77. The number of alkyl halides is 12. The molecular formula is C45H50ClF12N7S2. The molecule has 368 valence electrons. The summed E-state index contributed by atoms with van der Waals surface area (Å²) >= 11 is 10.8. The predicted molar refractivity (Wildman–Crippen MR) is 248 cm³/mol. The van der Waals surface area contributed by atoms with E-state index >= 15 is 0 Å². The first-order valence-corrected chi connectivity index (χ1v) is 21.6. The highest BCUT2D eigenvalue weighted by Crippen LogP contribution is 2.39. The van der Waals surface area contributed by atoms with Crippen molar-refractivity contribution in [1.82, 2.24) is 21.3 Å². The van der Waals surface area contributed by atoms with Crippen LogP contribution in [0.2, 0.25) is 0 Å². The Morgan fingerprint density at radius 3 is 1.33 bits per heavy atom. The molecule has 0 aromatic heterocycles. The van der Waals surface area contributed by atoms with Crippen molar-refractivity contribution in [3.8, 4) is 0 Å². The highest BCUT2D eigenvalue weighted by atomic mass is 35.5. The van der Waals surface area contributed by atoms with Crippen molar-refractivity contribution in [3.63, 3.8) is 0 Å². The van der Waals surface area contributed by atoms with Crippen LogP contribution in [0, 0.1) is 0 Å². The normalized spacial score (nSPS) is 13.2. The van der Waals surface area contributed by atoms with Gasteiger partial charge in [0.15, 0.2) is 16.2 Å². The second-order valence-electron chi connectivity index (χ2n) is 15.3. The van der Waals surface area contributed by atoms with E-state index in [1.54, 1.807) is 36.4 Å². The van der Waals surface area contributed by atoms with Gasteiger partial charge in [-0.3, -0.25) is 4.99 Å². The van der Waals surface area contributed by atoms with Crippen LogP contribution in [0.25, 0.3) is 0 Å². The van der Waals surface area contributed by atoms with Gasteiger partial charge in [0.25, 0.3) is 0 Å². The van der Waals surface area contributed by atoms with E-state index in [1.807, 2.05) is 24.3 Å². The third-order valence-electron chi connectivity index (χ3n) is 9.82. The molecule has 0 spiro atoms. The molecule has 4 aromatic carbocycles. The Labute approximate surface area is 397 Å². The molecule has 0 aliphatic heterocycles. The van der Waals surface area contributed by atoms with Crippen molar-refractivity contribution in [2.24, 2.45) is 4.99 Å². The Morgan fingerprint density at radius 1 is 0.522 bits per heavy atom. The molecule has 0 unspecified atom stereocenters. The maximum Gasteiger partial charge on any atom is 0.416 e. The maximum absolute atomic E-state index is 13.6. The summed E-state index contributed by atoms with van der Waals surface area (Å²) in [6.45, 7) is 2.60. The van der Waals surface area contributed by atoms with Gasteiger partial charge in [-0.05, 0) is 91.2 Å². The molecule has 67 heavy (non-hydrogen) atoms. The van der Waals surface area contributed by atoms with Gasteiger partial charge in [0, 0.05) is 30.5 Å². The number of benzene rings is 4. The fourth-order valence-corrected chi connectivity index (χ4v) is 7.17. The summed E-state index contributed by atoms with van der Waals surface area (Å²) in [7, 11) is 0. The van der Waals surface area contributed by atoms with Crippen LogP contribution < -0.4 is 31.9 Å². The van der Waals surface area contributed by atoms with Gasteiger partial charge in [-0.2, -0.15) is 52.7 Å². The number of thiocarbonyl (C=S) groups is 2. The summed E-state index contributed by atoms with van der Waals surface area (Å²) in [5.74, 6) is 0.279. The van der Waals surface area contributed by atoms with Crippen LogP contribution in [0.4, 0.5) is 64.1 Å². The first-order chi connectivity index (χ1) is 31.0. The Hall–Kier alpha value is -5.02. The van der Waals surface area contributed by atoms with Gasteiger partial charge >= 0.3 is 24.7 Å². The molecule has 22 heteroatoms. The molecule has 0 heterocycles. The number of guanidine groups is 1. The maximum atomic E-state index is 13.6. The number of unbranched alkanes of at least 4 members (excludes halogenated alkanes) is 5. The zero-order valence-corrected chi connectivity index (χ0v) is 38.3. The molecule has 0 aliphatic rings. The Bertz CT molecular complexity index is 2120. The van der Waals surface area contributed by atoms with Gasteiger partial charge in [-0.15, -0.1) is 12.4 Å². The summed E-state index contributed by atoms with van der Waals surface area (Å²) in [6, 6.07) is 18.8. The van der Waals surface area contributed by atoms with Crippen molar-refractivity contribution >= 4 is 64.4 Å². The molecule has 0 aliphatic carbocycles. The van der Waals surface area contributed by atoms with Crippen LogP contribution in [-0.4, -0.2) is 47.9 Å². The number of rotatable bonds is 19. The van der Waals surface area contributed by atoms with Crippen molar-refractivity contribution in [3.05, 3.63) is 130 Å². The van der Waals surface area contributed by atoms with Crippen molar-refractivity contribution in [2.45, 2.75) is 95.1 Å². The van der Waals surface area contributed by atoms with E-state index in [4.69, 9.17) is 29.4 Å². The van der Waals surface area contributed by atoms with Gasteiger partial charge in [-0.1, -0.05) is 99.7 Å². The van der Waals surface area contributed by atoms with E-state index in [-0.39, 0.29) is 66.7 Å². The van der Waals surface area contributed by atoms with Gasteiger partial charge in [0.05, 0.1) is 34.8 Å². The lowest BCUT2D eigenvalue weighted by molar-refractivity contribution is -0.144. The number of nitrogens with one attached hydrogen (secondary N) is 6. The topological polar surface area (TPSA) is 84.5 Å². The lowest BCUT2D eigenvalue weighted by Gasteiger charge is -2.24. The fraction of sp³-hybridized carbons (Fsp3) is 0.400. The van der Waals surface area contributed by atoms with Gasteiger partial charge in [0.1, 0.15) is 0 Å². The molecule has 6 N–H and O–H groups in total. The molecule has 0 fully saturated rings. The van der Waals surface area contributed by atoms with Crippen LogP contribution >= 0.6 is 36.8 Å². The van der Waals surface area contributed by atoms with Gasteiger partial charge in [-0.25, -0.2) is 0 Å². The first kappa shape index (κ1) is 56.3. The van der Waals surface area contributed by atoms with Crippen LogP contribution in [0.15, 0.2) is 102 Å². The molecule has 7 nitrogen and oxygen atoms in total. The van der Waals surface area contributed by atoms with E-state index in [2.05, 4.69) is 38.8 Å². The fourth-order valence-electron chi connectivity index (χ4n) is 6.60. The van der Waals surface area contributed by atoms with Crippen LogP contribution in [0.3, 0.4) is 0 Å². The number of halogens is 13. The number of anilines is 2. The highest BCUT2D eigenvalue weighted by Gasteiger charge is 2.38. The number of aliphatic imine (C=N–C) groups is 1. The quantitative estimate of drug-likeness (QED) is 0.0182. The SMILES string of the molecule is CCCCCCCCNC(=NC[C@H](Cc1ccccc1)NC(=S)Nc1cc(C(F)(F)F)cc(C(F)(F)F)c1)NC[C@H](Cc1ccccc1)NC(=S)Nc1cc(C(F)(F)F)cc(C(F)(F)F)c1.Cl. The Morgan fingerprint density at radius 2 is 0.910 bits per heavy atom. The lowest BCUT2D eigenvalue weighted by atomic mass is 10.1. The second-order valence-corrected chi connectivity index (χ2v) is 16.1. The monoisotopic (exact) mass is 1020 g/mol. The van der Waals surface area contributed by atoms with E-state index in [9.17, 15) is 52.7 Å². The molecule has 0 amide bonds. The number of hydrogen-bond acceptors (Lipinski definition) is 3. The van der Waals surface area contributed by atoms with E-state index in [1.165, 1.54) is 0 Å². The smallest absolute Gasteiger partial charge is 0.358 e. The van der Waals surface area contributed by atoms with E-state index in [0.29, 0.717) is 30.8 Å². The first-order valence-electron chi connectivity index (χ1n) is 20.8. The lowest BCUT2D eigenvalue weighted by Crippen LogP contribution is -2.49. The van der Waals surface area contributed by atoms with Gasteiger partial charge in [0.2, 0.25) is 0 Å². The summed E-state index contributed by atoms with van der Waals surface area (Å²) in [5.41, 5.74) is -5.56. The number of hydrogen-bond donors (Lipinski definition) is 6. The van der Waals surface area contributed by atoms with Crippen LogP contribution in [0.5, 0.6) is 0 Å². The Balaban J connectivity index is 0.0000119. The zero-order valence-electron chi connectivity index (χ0n) is 35.9. The van der Waals surface area contributed by atoms with E-state index < -0.39 is 70.4 Å². The molecule has 0 saturated carbocycles. The molecule has 4 aromatic rings. The molecule has 0 bridgehead atoms. The van der Waals surface area contributed by atoms with Crippen molar-refractivity contribution < 1.29 is 52.7 Å². The van der Waals surface area contributed by atoms with E-state index in [0.717, 1.165) is 49.7 Å². The highest BCUT2D eigenvalue weighted by molar-refractivity contribution is 7.80. The molecular weight excluding hydrogens is 966 g/mol.